The number of aromatic carboxylic acids is 1. The van der Waals surface area contributed by atoms with E-state index in [1.807, 2.05) is 0 Å². The summed E-state index contributed by atoms with van der Waals surface area (Å²) in [5, 5.41) is 23.0. The van der Waals surface area contributed by atoms with E-state index in [-0.39, 0.29) is 27.0 Å². The van der Waals surface area contributed by atoms with Gasteiger partial charge in [0.25, 0.3) is 11.6 Å². The quantitative estimate of drug-likeness (QED) is 0.485. The number of nitrogens with zero attached hydrogens (tertiary/aromatic N) is 2. The number of carboxylic acid groups (broad SMARTS) is 1. The second-order valence-corrected chi connectivity index (χ2v) is 6.15. The number of amides is 1. The third-order valence-electron chi connectivity index (χ3n) is 3.43. The van der Waals surface area contributed by atoms with Gasteiger partial charge < -0.3 is 10.4 Å². The molecule has 2 aromatic rings. The molecule has 1 amide bonds. The zero-order chi connectivity index (χ0) is 18.7. The molecule has 0 bridgehead atoms. The summed E-state index contributed by atoms with van der Waals surface area (Å²) >= 11 is 0.984. The number of rotatable bonds is 4. The van der Waals surface area contributed by atoms with E-state index in [1.165, 1.54) is 36.4 Å². The van der Waals surface area contributed by atoms with E-state index < -0.39 is 16.8 Å². The average molecular weight is 369 g/mol. The fourth-order valence-corrected chi connectivity index (χ4v) is 3.08. The number of aliphatic imine (C=N–C) groups is 1. The van der Waals surface area contributed by atoms with Crippen molar-refractivity contribution in [3.63, 3.8) is 0 Å². The number of nitrogens with one attached hydrogen (secondary N) is 1. The number of amidine groups is 1. The molecule has 2 aromatic carbocycles. The highest BCUT2D eigenvalue weighted by molar-refractivity contribution is 8.18. The maximum absolute atomic E-state index is 12.1. The Kier molecular flexibility index (Phi) is 4.81. The summed E-state index contributed by atoms with van der Waals surface area (Å²) in [6, 6.07) is 12.2. The van der Waals surface area contributed by atoms with E-state index in [1.54, 1.807) is 18.2 Å². The summed E-state index contributed by atoms with van der Waals surface area (Å²) in [6.45, 7) is 0. The normalized spacial score (nSPS) is 16.7. The van der Waals surface area contributed by atoms with Gasteiger partial charge in [-0.05, 0) is 36.0 Å². The van der Waals surface area contributed by atoms with Gasteiger partial charge in [0.2, 0.25) is 0 Å². The van der Waals surface area contributed by atoms with Crippen molar-refractivity contribution in [3.05, 3.63) is 74.7 Å². The number of para-hydroxylation sites is 2. The zero-order valence-corrected chi connectivity index (χ0v) is 13.9. The lowest BCUT2D eigenvalue weighted by Gasteiger charge is -2.00. The Balaban J connectivity index is 1.93. The van der Waals surface area contributed by atoms with Gasteiger partial charge in [-0.25, -0.2) is 9.79 Å². The summed E-state index contributed by atoms with van der Waals surface area (Å²) in [7, 11) is 0. The Labute approximate surface area is 151 Å². The number of nitro groups is 1. The van der Waals surface area contributed by atoms with Crippen LogP contribution in [0, 0.1) is 10.1 Å². The average Bonchev–Trinajstić information content (AvgIpc) is 2.94. The fourth-order valence-electron chi connectivity index (χ4n) is 2.26. The van der Waals surface area contributed by atoms with Crippen molar-refractivity contribution in [2.45, 2.75) is 0 Å². The number of hydrogen-bond donors (Lipinski definition) is 2. The third kappa shape index (κ3) is 3.62. The number of carbonyl (C=O) groups is 2. The molecular weight excluding hydrogens is 358 g/mol. The van der Waals surface area contributed by atoms with Gasteiger partial charge in [-0.2, -0.15) is 0 Å². The van der Waals surface area contributed by atoms with E-state index in [0.717, 1.165) is 11.8 Å². The molecule has 0 saturated carbocycles. The molecule has 0 aromatic heterocycles. The van der Waals surface area contributed by atoms with Crippen LogP contribution in [0.3, 0.4) is 0 Å². The van der Waals surface area contributed by atoms with Crippen molar-refractivity contribution >= 4 is 46.3 Å². The van der Waals surface area contributed by atoms with Crippen LogP contribution in [0.25, 0.3) is 6.08 Å². The van der Waals surface area contributed by atoms with E-state index in [9.17, 15) is 24.8 Å². The second-order valence-electron chi connectivity index (χ2n) is 5.12. The van der Waals surface area contributed by atoms with E-state index in [4.69, 9.17) is 0 Å². The predicted molar refractivity (Wildman–Crippen MR) is 97.3 cm³/mol. The first kappa shape index (κ1) is 17.4. The number of carboxylic acids is 1. The first-order valence-corrected chi connectivity index (χ1v) is 8.12. The van der Waals surface area contributed by atoms with Crippen LogP contribution in [0.4, 0.5) is 11.4 Å². The topological polar surface area (TPSA) is 122 Å². The largest absolute Gasteiger partial charge is 0.478 e. The van der Waals surface area contributed by atoms with E-state index >= 15 is 0 Å². The fraction of sp³-hybridized carbons (Fsp3) is 0. The molecule has 3 rings (SSSR count). The first-order valence-electron chi connectivity index (χ1n) is 7.31. The molecule has 0 spiro atoms. The van der Waals surface area contributed by atoms with Gasteiger partial charge in [0.05, 0.1) is 26.6 Å². The highest BCUT2D eigenvalue weighted by Crippen LogP contribution is 2.31. The summed E-state index contributed by atoms with van der Waals surface area (Å²) in [5.41, 5.74) is 0.387. The standard InChI is InChI=1S/C17H11N3O5S/c21-15-14(9-10-5-1-4-8-13(10)20(24)25)26-17(19-15)18-12-7-3-2-6-11(12)16(22)23/h1-9H,(H,22,23)(H,18,19,21)/b14-9-. The molecule has 1 aliphatic heterocycles. The minimum atomic E-state index is -1.13. The van der Waals surface area contributed by atoms with Crippen molar-refractivity contribution in [3.8, 4) is 0 Å². The van der Waals surface area contributed by atoms with Crippen molar-refractivity contribution < 1.29 is 19.6 Å². The van der Waals surface area contributed by atoms with Crippen LogP contribution in [0.1, 0.15) is 15.9 Å². The highest BCUT2D eigenvalue weighted by atomic mass is 32.2. The summed E-state index contributed by atoms with van der Waals surface area (Å²) in [6.07, 6.45) is 1.41. The molecule has 8 nitrogen and oxygen atoms in total. The Bertz CT molecular complexity index is 984. The molecule has 130 valence electrons. The molecule has 1 saturated heterocycles. The Hall–Kier alpha value is -3.46. The van der Waals surface area contributed by atoms with Crippen LogP contribution in [-0.4, -0.2) is 27.1 Å². The molecule has 0 atom stereocenters. The van der Waals surface area contributed by atoms with Crippen molar-refractivity contribution in [2.75, 3.05) is 0 Å². The lowest BCUT2D eigenvalue weighted by Crippen LogP contribution is -2.19. The van der Waals surface area contributed by atoms with Gasteiger partial charge in [0.15, 0.2) is 5.17 Å². The van der Waals surface area contributed by atoms with Crippen molar-refractivity contribution in [1.82, 2.24) is 5.32 Å². The van der Waals surface area contributed by atoms with Gasteiger partial charge in [0, 0.05) is 6.07 Å². The zero-order valence-electron chi connectivity index (χ0n) is 13.1. The molecule has 0 radical (unpaired) electrons. The molecule has 1 fully saturated rings. The molecule has 26 heavy (non-hydrogen) atoms. The Morgan fingerprint density at radius 2 is 1.88 bits per heavy atom. The van der Waals surface area contributed by atoms with Crippen molar-refractivity contribution in [2.24, 2.45) is 4.99 Å². The Morgan fingerprint density at radius 3 is 2.62 bits per heavy atom. The van der Waals surface area contributed by atoms with Gasteiger partial charge >= 0.3 is 5.97 Å². The molecule has 1 heterocycles. The van der Waals surface area contributed by atoms with Gasteiger partial charge in [0.1, 0.15) is 0 Å². The number of hydrogen-bond acceptors (Lipinski definition) is 6. The lowest BCUT2D eigenvalue weighted by atomic mass is 10.1. The molecule has 2 N–H and O–H groups in total. The van der Waals surface area contributed by atoms with Crippen LogP contribution in [0.15, 0.2) is 58.4 Å². The summed E-state index contributed by atoms with van der Waals surface area (Å²) in [4.78, 5) is 38.3. The summed E-state index contributed by atoms with van der Waals surface area (Å²) < 4.78 is 0. The second kappa shape index (κ2) is 7.19. The molecule has 1 aliphatic rings. The van der Waals surface area contributed by atoms with Crippen LogP contribution in [0.2, 0.25) is 0 Å². The highest BCUT2D eigenvalue weighted by Gasteiger charge is 2.25. The van der Waals surface area contributed by atoms with E-state index in [2.05, 4.69) is 10.3 Å². The molecule has 0 aliphatic carbocycles. The number of benzene rings is 2. The number of carbonyl (C=O) groups excluding carboxylic acids is 1. The van der Waals surface area contributed by atoms with E-state index in [0.29, 0.717) is 5.56 Å². The molecule has 0 unspecified atom stereocenters. The number of thioether (sulfide) groups is 1. The first-order chi connectivity index (χ1) is 12.5. The molecular formula is C17H11N3O5S. The summed E-state index contributed by atoms with van der Waals surface area (Å²) in [5.74, 6) is -1.59. The number of nitro benzene ring substituents is 1. The maximum atomic E-state index is 12.1. The molecule has 9 heteroatoms. The smallest absolute Gasteiger partial charge is 0.337 e. The van der Waals surface area contributed by atoms with Crippen molar-refractivity contribution in [1.29, 1.82) is 0 Å². The monoisotopic (exact) mass is 369 g/mol. The van der Waals surface area contributed by atoms with Crippen LogP contribution < -0.4 is 5.32 Å². The van der Waals surface area contributed by atoms with Gasteiger partial charge in [-0.3, -0.25) is 14.9 Å². The van der Waals surface area contributed by atoms with Crippen LogP contribution in [0.5, 0.6) is 0 Å². The lowest BCUT2D eigenvalue weighted by molar-refractivity contribution is -0.385. The minimum absolute atomic E-state index is 0.00553. The SMILES string of the molecule is O=C1NC(=Nc2ccccc2C(=O)O)S/C1=C\c1ccccc1[N+](=O)[O-]. The van der Waals surface area contributed by atoms with Gasteiger partial charge in [-0.1, -0.05) is 24.3 Å². The predicted octanol–water partition coefficient (Wildman–Crippen LogP) is 3.18. The Morgan fingerprint density at radius 1 is 1.19 bits per heavy atom. The van der Waals surface area contributed by atoms with Gasteiger partial charge in [-0.15, -0.1) is 0 Å². The third-order valence-corrected chi connectivity index (χ3v) is 4.34. The maximum Gasteiger partial charge on any atom is 0.337 e. The van der Waals surface area contributed by atoms with Crippen LogP contribution in [-0.2, 0) is 4.79 Å². The van der Waals surface area contributed by atoms with Crippen LogP contribution >= 0.6 is 11.8 Å². The minimum Gasteiger partial charge on any atom is -0.478 e.